The Hall–Kier alpha value is -0.953. The predicted octanol–water partition coefficient (Wildman–Crippen LogP) is 2.19. The molecular weight excluding hydrogens is 208 g/mol. The molecule has 1 heteroatoms. The predicted molar refractivity (Wildman–Crippen MR) is 75.5 cm³/mol. The summed E-state index contributed by atoms with van der Waals surface area (Å²) >= 11 is 0. The van der Waals surface area contributed by atoms with Gasteiger partial charge in [-0.15, -0.1) is 0 Å². The van der Waals surface area contributed by atoms with Gasteiger partial charge < -0.3 is 0 Å². The Morgan fingerprint density at radius 1 is 1.00 bits per heavy atom. The first kappa shape index (κ1) is 11.5. The topological polar surface area (TPSA) is 0 Å². The van der Waals surface area contributed by atoms with Gasteiger partial charge in [-0.05, 0) is 26.6 Å². The molecule has 0 saturated heterocycles. The van der Waals surface area contributed by atoms with Crippen LogP contribution in [0, 0.1) is 5.41 Å². The van der Waals surface area contributed by atoms with Gasteiger partial charge in [0.15, 0.2) is 0 Å². The van der Waals surface area contributed by atoms with Gasteiger partial charge >= 0.3 is 0 Å². The quantitative estimate of drug-likeness (QED) is 0.597. The maximum Gasteiger partial charge on any atom is 0.0132 e. The third-order valence-corrected chi connectivity index (χ3v) is 4.56. The second kappa shape index (κ2) is 3.81. The Kier molecular flexibility index (Phi) is 2.75. The van der Waals surface area contributed by atoms with Crippen LogP contribution >= 0.6 is 0 Å². The van der Waals surface area contributed by atoms with Crippen molar-refractivity contribution >= 4 is 25.2 Å². The van der Waals surface area contributed by atoms with Gasteiger partial charge in [-0.1, -0.05) is 64.2 Å². The van der Waals surface area contributed by atoms with Crippen molar-refractivity contribution in [2.24, 2.45) is 5.41 Å². The van der Waals surface area contributed by atoms with E-state index >= 15 is 0 Å². The fourth-order valence-electron chi connectivity index (χ4n) is 2.43. The molecule has 0 unspecified atom stereocenters. The van der Waals surface area contributed by atoms with Gasteiger partial charge in [-0.3, -0.25) is 0 Å². The van der Waals surface area contributed by atoms with Gasteiger partial charge in [0.1, 0.15) is 0 Å². The van der Waals surface area contributed by atoms with E-state index in [1.54, 1.807) is 10.7 Å². The van der Waals surface area contributed by atoms with Crippen molar-refractivity contribution in [2.75, 3.05) is 0 Å². The highest BCUT2D eigenvalue weighted by Gasteiger charge is 2.23. The smallest absolute Gasteiger partial charge is 0.0132 e. The van der Waals surface area contributed by atoms with Crippen LogP contribution in [0.3, 0.4) is 0 Å². The van der Waals surface area contributed by atoms with E-state index < -0.39 is 0 Å². The minimum absolute atomic E-state index is 0.250. The summed E-state index contributed by atoms with van der Waals surface area (Å²) < 4.78 is 0. The highest BCUT2D eigenvalue weighted by Crippen LogP contribution is 2.28. The lowest BCUT2D eigenvalue weighted by Crippen LogP contribution is -2.28. The van der Waals surface area contributed by atoms with Crippen molar-refractivity contribution in [3.63, 3.8) is 0 Å². The summed E-state index contributed by atoms with van der Waals surface area (Å²) in [6.07, 6.45) is 2.41. The molecule has 0 fully saturated rings. The lowest BCUT2D eigenvalue weighted by molar-refractivity contribution is 0.573. The van der Waals surface area contributed by atoms with Gasteiger partial charge in [0, 0.05) is 8.41 Å². The maximum absolute atomic E-state index is 2.41. The van der Waals surface area contributed by atoms with Crippen LogP contribution < -0.4 is 10.4 Å². The first-order valence-corrected chi connectivity index (χ1v) is 8.40. The number of hydrogen-bond acceptors (Lipinski definition) is 0. The molecule has 0 nitrogen and oxygen atoms in total. The van der Waals surface area contributed by atoms with Crippen molar-refractivity contribution in [1.82, 2.24) is 0 Å². The highest BCUT2D eigenvalue weighted by molar-refractivity contribution is 6.81. The molecule has 0 aliphatic heterocycles. The van der Waals surface area contributed by atoms with E-state index in [0.29, 0.717) is 0 Å². The number of hydrogen-bond donors (Lipinski definition) is 0. The van der Waals surface area contributed by atoms with Crippen LogP contribution in [0.2, 0.25) is 13.1 Å². The molecule has 0 amide bonds. The van der Waals surface area contributed by atoms with E-state index in [4.69, 9.17) is 0 Å². The van der Waals surface area contributed by atoms with Crippen LogP contribution in [0.1, 0.15) is 20.8 Å². The normalized spacial score (nSPS) is 14.8. The summed E-state index contributed by atoms with van der Waals surface area (Å²) in [5.41, 5.74) is 1.82. The molecule has 1 aliphatic rings. The molecule has 84 valence electrons. The zero-order valence-electron chi connectivity index (χ0n) is 10.9. The summed E-state index contributed by atoms with van der Waals surface area (Å²) in [5.74, 6) is 0. The average Bonchev–Trinajstić information content (AvgIpc) is 2.55. The van der Waals surface area contributed by atoms with Gasteiger partial charge in [-0.25, -0.2) is 0 Å². The maximum atomic E-state index is 2.41. The van der Waals surface area contributed by atoms with Crippen molar-refractivity contribution in [3.8, 4) is 0 Å². The Labute approximate surface area is 99.5 Å². The van der Waals surface area contributed by atoms with Gasteiger partial charge in [-0.2, -0.15) is 0 Å². The van der Waals surface area contributed by atoms with Crippen molar-refractivity contribution in [2.45, 2.75) is 33.9 Å². The molecule has 0 bridgehead atoms. The summed E-state index contributed by atoms with van der Waals surface area (Å²) in [7, 11) is -0.385. The molecule has 1 aromatic carbocycles. The van der Waals surface area contributed by atoms with E-state index in [9.17, 15) is 0 Å². The van der Waals surface area contributed by atoms with Gasteiger partial charge in [0.2, 0.25) is 0 Å². The Bertz CT molecular complexity index is 564. The van der Waals surface area contributed by atoms with Crippen LogP contribution in [0.4, 0.5) is 0 Å². The van der Waals surface area contributed by atoms with Crippen LogP contribution in [0.5, 0.6) is 0 Å². The summed E-state index contributed by atoms with van der Waals surface area (Å²) in [6, 6.07) is 8.79. The fourth-order valence-corrected chi connectivity index (χ4v) is 3.88. The zero-order valence-corrected chi connectivity index (χ0v) is 11.9. The number of fused-ring (bicyclic) bond motifs is 1. The molecule has 16 heavy (non-hydrogen) atoms. The first-order chi connectivity index (χ1) is 7.41. The fraction of sp³-hybridized carbons (Fsp3) is 0.400. The SMILES string of the molecule is C[Si](C)=C1C=c2ccccc2=C1C(C)(C)C. The molecule has 1 aromatic rings. The van der Waals surface area contributed by atoms with E-state index in [1.807, 2.05) is 0 Å². The van der Waals surface area contributed by atoms with Gasteiger partial charge in [0.25, 0.3) is 0 Å². The molecular formula is C15H20Si. The summed E-state index contributed by atoms with van der Waals surface area (Å²) in [6.45, 7) is 11.7. The molecule has 0 N–H and O–H groups in total. The molecule has 1 aliphatic carbocycles. The van der Waals surface area contributed by atoms with E-state index in [2.05, 4.69) is 64.2 Å². The third kappa shape index (κ3) is 1.84. The minimum atomic E-state index is -0.385. The second-order valence-electron chi connectivity index (χ2n) is 5.77. The van der Waals surface area contributed by atoms with Crippen molar-refractivity contribution < 1.29 is 0 Å². The Morgan fingerprint density at radius 2 is 1.62 bits per heavy atom. The molecule has 0 heterocycles. The Morgan fingerprint density at radius 3 is 2.19 bits per heavy atom. The van der Waals surface area contributed by atoms with E-state index in [0.717, 1.165) is 0 Å². The molecule has 0 spiro atoms. The highest BCUT2D eigenvalue weighted by atomic mass is 28.2. The molecule has 0 atom stereocenters. The van der Waals surface area contributed by atoms with Crippen molar-refractivity contribution in [3.05, 3.63) is 34.7 Å². The van der Waals surface area contributed by atoms with E-state index in [1.165, 1.54) is 10.4 Å². The summed E-state index contributed by atoms with van der Waals surface area (Å²) in [5, 5.41) is 4.48. The zero-order chi connectivity index (χ0) is 11.9. The minimum Gasteiger partial charge on any atom is -0.0616 e. The molecule has 2 rings (SSSR count). The summed E-state index contributed by atoms with van der Waals surface area (Å²) in [4.78, 5) is 0. The van der Waals surface area contributed by atoms with E-state index in [-0.39, 0.29) is 13.8 Å². The standard InChI is InChI=1S/C15H20Si/c1-15(2,3)14-12-9-7-6-8-11(12)10-13(14)16(4)5/h6-10H,1-5H3. The lowest BCUT2D eigenvalue weighted by atomic mass is 9.84. The number of benzene rings is 1. The third-order valence-electron chi connectivity index (χ3n) is 3.09. The lowest BCUT2D eigenvalue weighted by Gasteiger charge is -2.23. The van der Waals surface area contributed by atoms with Crippen LogP contribution in [0.25, 0.3) is 11.6 Å². The Balaban J connectivity index is 2.90. The van der Waals surface area contributed by atoms with Crippen LogP contribution in [-0.4, -0.2) is 13.6 Å². The van der Waals surface area contributed by atoms with Gasteiger partial charge in [0.05, 0.1) is 0 Å². The second-order valence-corrected chi connectivity index (χ2v) is 8.31. The molecule has 0 radical (unpaired) electrons. The molecule has 0 aromatic heterocycles. The monoisotopic (exact) mass is 228 g/mol. The average molecular weight is 228 g/mol. The molecule has 0 saturated carbocycles. The first-order valence-electron chi connectivity index (χ1n) is 5.90. The van der Waals surface area contributed by atoms with Crippen molar-refractivity contribution in [1.29, 1.82) is 0 Å². The number of rotatable bonds is 0. The largest absolute Gasteiger partial charge is 0.0616 e. The van der Waals surface area contributed by atoms with Crippen LogP contribution in [0.15, 0.2) is 24.3 Å². The van der Waals surface area contributed by atoms with Crippen LogP contribution in [-0.2, 0) is 0 Å².